The number of aryl methyl sites for hydroxylation is 1. The number of hydrogen-bond donors (Lipinski definition) is 1. The summed E-state index contributed by atoms with van der Waals surface area (Å²) in [6.45, 7) is 3.04. The van der Waals surface area contributed by atoms with Crippen molar-refractivity contribution < 1.29 is 9.59 Å². The number of anilines is 1. The van der Waals surface area contributed by atoms with Gasteiger partial charge in [-0.25, -0.2) is 0 Å². The van der Waals surface area contributed by atoms with E-state index in [0.717, 1.165) is 17.7 Å². The number of carbonyl (C=O) groups is 2. The second-order valence-corrected chi connectivity index (χ2v) is 6.22. The maximum absolute atomic E-state index is 12.4. The topological polar surface area (TPSA) is 49.4 Å². The molecule has 2 aromatic rings. The van der Waals surface area contributed by atoms with E-state index >= 15 is 0 Å². The second kappa shape index (κ2) is 7.30. The molecule has 24 heavy (non-hydrogen) atoms. The van der Waals surface area contributed by atoms with Crippen molar-refractivity contribution in [3.8, 4) is 0 Å². The van der Waals surface area contributed by atoms with Gasteiger partial charge in [-0.3, -0.25) is 9.59 Å². The molecule has 1 aliphatic rings. The molecule has 2 amide bonds. The third-order valence-electron chi connectivity index (χ3n) is 4.46. The van der Waals surface area contributed by atoms with Gasteiger partial charge in [-0.05, 0) is 30.5 Å². The highest BCUT2D eigenvalue weighted by molar-refractivity contribution is 6.00. The van der Waals surface area contributed by atoms with Crippen molar-refractivity contribution >= 4 is 17.5 Å². The van der Waals surface area contributed by atoms with Gasteiger partial charge in [0.15, 0.2) is 0 Å². The molecule has 1 heterocycles. The highest BCUT2D eigenvalue weighted by Gasteiger charge is 2.35. The molecule has 0 radical (unpaired) electrons. The molecule has 0 saturated carbocycles. The Morgan fingerprint density at radius 1 is 1.12 bits per heavy atom. The summed E-state index contributed by atoms with van der Waals surface area (Å²) in [5, 5.41) is 2.96. The predicted octanol–water partition coefficient (Wildman–Crippen LogP) is 2.71. The number of para-hydroxylation sites is 1. The monoisotopic (exact) mass is 322 g/mol. The van der Waals surface area contributed by atoms with Gasteiger partial charge in [-0.1, -0.05) is 48.5 Å². The number of amides is 2. The minimum atomic E-state index is -0.270. The van der Waals surface area contributed by atoms with Gasteiger partial charge in [0.1, 0.15) is 0 Å². The Kier molecular flexibility index (Phi) is 4.94. The lowest BCUT2D eigenvalue weighted by molar-refractivity contribution is -0.126. The molecule has 2 aromatic carbocycles. The van der Waals surface area contributed by atoms with Gasteiger partial charge < -0.3 is 10.2 Å². The summed E-state index contributed by atoms with van der Waals surface area (Å²) in [5.41, 5.74) is 3.15. The number of benzene rings is 2. The van der Waals surface area contributed by atoms with Crippen LogP contribution in [0.25, 0.3) is 0 Å². The zero-order valence-electron chi connectivity index (χ0n) is 13.9. The summed E-state index contributed by atoms with van der Waals surface area (Å²) in [6, 6.07) is 17.8. The van der Waals surface area contributed by atoms with Crippen LogP contribution in [-0.4, -0.2) is 24.9 Å². The highest BCUT2D eigenvalue weighted by Crippen LogP contribution is 2.27. The van der Waals surface area contributed by atoms with Gasteiger partial charge in [0, 0.05) is 25.2 Å². The predicted molar refractivity (Wildman–Crippen MR) is 94.8 cm³/mol. The average Bonchev–Trinajstić information content (AvgIpc) is 2.98. The van der Waals surface area contributed by atoms with Gasteiger partial charge in [0.05, 0.1) is 5.92 Å². The molecule has 0 spiro atoms. The number of rotatable bonds is 5. The first-order valence-electron chi connectivity index (χ1n) is 8.33. The Morgan fingerprint density at radius 3 is 2.58 bits per heavy atom. The van der Waals surface area contributed by atoms with E-state index in [-0.39, 0.29) is 24.2 Å². The smallest absolute Gasteiger partial charge is 0.227 e. The van der Waals surface area contributed by atoms with Crippen LogP contribution in [0.4, 0.5) is 5.69 Å². The summed E-state index contributed by atoms with van der Waals surface area (Å²) in [7, 11) is 0. The van der Waals surface area contributed by atoms with Crippen molar-refractivity contribution in [2.75, 3.05) is 18.0 Å². The minimum Gasteiger partial charge on any atom is -0.355 e. The first-order valence-corrected chi connectivity index (χ1v) is 8.33. The maximum Gasteiger partial charge on any atom is 0.227 e. The van der Waals surface area contributed by atoms with E-state index in [2.05, 4.69) is 5.32 Å². The zero-order valence-corrected chi connectivity index (χ0v) is 13.9. The minimum absolute atomic E-state index is 0.0208. The lowest BCUT2D eigenvalue weighted by atomic mass is 10.1. The molecule has 1 saturated heterocycles. The average molecular weight is 322 g/mol. The molecule has 1 fully saturated rings. The van der Waals surface area contributed by atoms with E-state index in [4.69, 9.17) is 0 Å². The van der Waals surface area contributed by atoms with Crippen LogP contribution in [0.15, 0.2) is 54.6 Å². The number of nitrogens with zero attached hydrogens (tertiary/aromatic N) is 1. The van der Waals surface area contributed by atoms with Gasteiger partial charge >= 0.3 is 0 Å². The van der Waals surface area contributed by atoms with Gasteiger partial charge in [-0.15, -0.1) is 0 Å². The summed E-state index contributed by atoms with van der Waals surface area (Å²) in [4.78, 5) is 26.4. The molecule has 1 unspecified atom stereocenters. The Morgan fingerprint density at radius 2 is 1.83 bits per heavy atom. The van der Waals surface area contributed by atoms with Crippen molar-refractivity contribution in [1.29, 1.82) is 0 Å². The number of carbonyl (C=O) groups excluding carboxylic acids is 2. The van der Waals surface area contributed by atoms with Crippen LogP contribution in [0.5, 0.6) is 0 Å². The standard InChI is InChI=1S/C20H22N2O2/c1-15-7-5-6-10-18(15)22-14-17(13-19(22)23)20(24)21-12-11-16-8-3-2-4-9-16/h2-10,17H,11-14H2,1H3,(H,21,24). The normalized spacial score (nSPS) is 17.1. The van der Waals surface area contributed by atoms with E-state index in [9.17, 15) is 9.59 Å². The van der Waals surface area contributed by atoms with Crippen molar-refractivity contribution in [2.45, 2.75) is 19.8 Å². The largest absolute Gasteiger partial charge is 0.355 e. The first-order chi connectivity index (χ1) is 11.6. The van der Waals surface area contributed by atoms with Gasteiger partial charge in [0.25, 0.3) is 0 Å². The number of nitrogens with one attached hydrogen (secondary N) is 1. The second-order valence-electron chi connectivity index (χ2n) is 6.22. The zero-order chi connectivity index (χ0) is 16.9. The van der Waals surface area contributed by atoms with Crippen LogP contribution in [-0.2, 0) is 16.0 Å². The molecule has 4 nitrogen and oxygen atoms in total. The molecule has 0 aliphatic carbocycles. The first kappa shape index (κ1) is 16.2. The lowest BCUT2D eigenvalue weighted by Gasteiger charge is -2.19. The van der Waals surface area contributed by atoms with Crippen molar-refractivity contribution in [3.63, 3.8) is 0 Å². The maximum atomic E-state index is 12.4. The Labute approximate surface area is 142 Å². The molecule has 0 bridgehead atoms. The Balaban J connectivity index is 1.55. The van der Waals surface area contributed by atoms with Gasteiger partial charge in [-0.2, -0.15) is 0 Å². The van der Waals surface area contributed by atoms with Crippen molar-refractivity contribution in [2.24, 2.45) is 5.92 Å². The molecule has 4 heteroatoms. The fraction of sp³-hybridized carbons (Fsp3) is 0.300. The molecule has 1 atom stereocenters. The van der Waals surface area contributed by atoms with E-state index in [1.807, 2.05) is 61.5 Å². The van der Waals surface area contributed by atoms with Crippen LogP contribution in [0.1, 0.15) is 17.5 Å². The van der Waals surface area contributed by atoms with E-state index in [0.29, 0.717) is 13.1 Å². The van der Waals surface area contributed by atoms with Crippen LogP contribution < -0.4 is 10.2 Å². The van der Waals surface area contributed by atoms with E-state index in [1.54, 1.807) is 4.90 Å². The van der Waals surface area contributed by atoms with Crippen LogP contribution in [0.3, 0.4) is 0 Å². The van der Waals surface area contributed by atoms with E-state index < -0.39 is 0 Å². The van der Waals surface area contributed by atoms with E-state index in [1.165, 1.54) is 5.56 Å². The van der Waals surface area contributed by atoms with Crippen LogP contribution in [0, 0.1) is 12.8 Å². The molecule has 3 rings (SSSR count). The fourth-order valence-electron chi connectivity index (χ4n) is 3.10. The third-order valence-corrected chi connectivity index (χ3v) is 4.46. The molecule has 124 valence electrons. The Bertz CT molecular complexity index is 727. The quantitative estimate of drug-likeness (QED) is 0.920. The Hall–Kier alpha value is -2.62. The highest BCUT2D eigenvalue weighted by atomic mass is 16.2. The molecule has 1 aliphatic heterocycles. The lowest BCUT2D eigenvalue weighted by Crippen LogP contribution is -2.34. The molecular formula is C20H22N2O2. The molecule has 0 aromatic heterocycles. The number of hydrogen-bond acceptors (Lipinski definition) is 2. The molecule has 1 N–H and O–H groups in total. The summed E-state index contributed by atoms with van der Waals surface area (Å²) >= 11 is 0. The third kappa shape index (κ3) is 3.65. The molecular weight excluding hydrogens is 300 g/mol. The van der Waals surface area contributed by atoms with Crippen molar-refractivity contribution in [1.82, 2.24) is 5.32 Å². The van der Waals surface area contributed by atoms with Gasteiger partial charge in [0.2, 0.25) is 11.8 Å². The van der Waals surface area contributed by atoms with Crippen molar-refractivity contribution in [3.05, 3.63) is 65.7 Å². The summed E-state index contributed by atoms with van der Waals surface area (Å²) in [6.07, 6.45) is 1.08. The summed E-state index contributed by atoms with van der Waals surface area (Å²) in [5.74, 6) is -0.282. The van der Waals surface area contributed by atoms with Crippen LogP contribution in [0.2, 0.25) is 0 Å². The van der Waals surface area contributed by atoms with Crippen LogP contribution >= 0.6 is 0 Å². The fourth-order valence-corrected chi connectivity index (χ4v) is 3.10. The SMILES string of the molecule is Cc1ccccc1N1CC(C(=O)NCCc2ccccc2)CC1=O. The summed E-state index contributed by atoms with van der Waals surface area (Å²) < 4.78 is 0.